The second kappa shape index (κ2) is 10.5. The molecule has 0 heterocycles. The molecule has 2 heteroatoms. The summed E-state index contributed by atoms with van der Waals surface area (Å²) in [6, 6.07) is 46.7. The third-order valence-corrected chi connectivity index (χ3v) is 7.74. The monoisotopic (exact) mass is 514 g/mol. The maximum absolute atomic E-state index is 8.44. The van der Waals surface area contributed by atoms with Crippen LogP contribution in [0.5, 0.6) is 0 Å². The third-order valence-electron chi connectivity index (χ3n) is 7.74. The molecule has 1 N–H and O–H groups in total. The van der Waals surface area contributed by atoms with E-state index in [0.717, 1.165) is 16.9 Å². The predicted octanol–water partition coefficient (Wildman–Crippen LogP) is 9.14. The van der Waals surface area contributed by atoms with Gasteiger partial charge in [-0.15, -0.1) is 0 Å². The highest BCUT2D eigenvalue weighted by Gasteiger charge is 2.45. The van der Waals surface area contributed by atoms with Crippen LogP contribution in [0.3, 0.4) is 0 Å². The lowest BCUT2D eigenvalue weighted by molar-refractivity contribution is 0.768. The molecule has 0 aliphatic heterocycles. The van der Waals surface area contributed by atoms with Gasteiger partial charge in [0.1, 0.15) is 0 Å². The predicted molar refractivity (Wildman–Crippen MR) is 168 cm³/mol. The van der Waals surface area contributed by atoms with E-state index in [1.165, 1.54) is 33.4 Å². The quantitative estimate of drug-likeness (QED) is 0.159. The lowest BCUT2D eigenvalue weighted by atomic mass is 9.68. The standard InChI is InChI=1S/C38H30N2/c1-3-40(28(2)23-26-37(39)29-15-7-4-8-16-29)32-24-25-36-34(27-32)33-21-13-14-22-35(33)38(36,30-17-9-5-10-18-30)31-19-11-6-12-20-31/h3-27,39H,1-2H2. The second-order valence-corrected chi connectivity index (χ2v) is 9.91. The van der Waals surface area contributed by atoms with Crippen molar-refractivity contribution in [2.75, 3.05) is 4.90 Å². The highest BCUT2D eigenvalue weighted by atomic mass is 15.1. The summed E-state index contributed by atoms with van der Waals surface area (Å²) in [6.45, 7) is 8.38. The molecule has 0 radical (unpaired) electrons. The molecule has 1 aliphatic rings. The summed E-state index contributed by atoms with van der Waals surface area (Å²) in [5.74, 6) is 0. The number of allylic oxidation sites excluding steroid dienone is 2. The van der Waals surface area contributed by atoms with Gasteiger partial charge < -0.3 is 10.3 Å². The Hall–Kier alpha value is -5.21. The number of hydrogen-bond acceptors (Lipinski definition) is 2. The molecule has 0 bridgehead atoms. The zero-order chi connectivity index (χ0) is 27.5. The first-order chi connectivity index (χ1) is 19.6. The van der Waals surface area contributed by atoms with Crippen molar-refractivity contribution in [2.45, 2.75) is 5.41 Å². The molecule has 2 nitrogen and oxygen atoms in total. The Labute approximate surface area is 236 Å². The Bertz CT molecular complexity index is 1690. The summed E-state index contributed by atoms with van der Waals surface area (Å²) in [7, 11) is 0. The molecule has 0 amide bonds. The Morgan fingerprint density at radius 2 is 1.18 bits per heavy atom. The van der Waals surface area contributed by atoms with Crippen molar-refractivity contribution in [1.29, 1.82) is 5.41 Å². The molecule has 0 saturated carbocycles. The zero-order valence-electron chi connectivity index (χ0n) is 22.3. The van der Waals surface area contributed by atoms with E-state index in [1.54, 1.807) is 12.3 Å². The summed E-state index contributed by atoms with van der Waals surface area (Å²) in [4.78, 5) is 1.97. The molecule has 6 rings (SSSR count). The lowest BCUT2D eigenvalue weighted by Crippen LogP contribution is -2.28. The van der Waals surface area contributed by atoms with Crippen molar-refractivity contribution in [2.24, 2.45) is 0 Å². The minimum atomic E-state index is -0.423. The Morgan fingerprint density at radius 1 is 0.625 bits per heavy atom. The molecule has 1 aliphatic carbocycles. The van der Waals surface area contributed by atoms with Crippen LogP contribution in [0.4, 0.5) is 5.69 Å². The Morgan fingerprint density at radius 3 is 1.80 bits per heavy atom. The van der Waals surface area contributed by atoms with Crippen LogP contribution in [0, 0.1) is 5.41 Å². The zero-order valence-corrected chi connectivity index (χ0v) is 22.3. The number of nitrogens with zero attached hydrogens (tertiary/aromatic N) is 1. The van der Waals surface area contributed by atoms with E-state index in [1.807, 2.05) is 41.3 Å². The normalized spacial score (nSPS) is 12.9. The van der Waals surface area contributed by atoms with E-state index in [0.29, 0.717) is 5.71 Å². The van der Waals surface area contributed by atoms with Crippen molar-refractivity contribution >= 4 is 11.4 Å². The van der Waals surface area contributed by atoms with E-state index in [2.05, 4.69) is 116 Å². The number of benzene rings is 5. The summed E-state index contributed by atoms with van der Waals surface area (Å²) >= 11 is 0. The number of nitrogens with one attached hydrogen (secondary N) is 1. The van der Waals surface area contributed by atoms with Crippen LogP contribution < -0.4 is 4.90 Å². The minimum absolute atomic E-state index is 0.423. The van der Waals surface area contributed by atoms with Crippen LogP contribution >= 0.6 is 0 Å². The SMILES string of the molecule is C=CN(C(=C)C=CC(=N)c1ccccc1)c1ccc2c(c1)-c1ccccc1C2(c1ccccc1)c1ccccc1. The number of hydrogen-bond donors (Lipinski definition) is 1. The first-order valence-corrected chi connectivity index (χ1v) is 13.4. The first kappa shape index (κ1) is 25.1. The fraction of sp³-hybridized carbons (Fsp3) is 0.0263. The van der Waals surface area contributed by atoms with E-state index < -0.39 is 5.41 Å². The van der Waals surface area contributed by atoms with Crippen LogP contribution in [0.25, 0.3) is 11.1 Å². The summed E-state index contributed by atoms with van der Waals surface area (Å²) < 4.78 is 0. The Balaban J connectivity index is 1.46. The van der Waals surface area contributed by atoms with Gasteiger partial charge in [0.2, 0.25) is 0 Å². The summed E-state index contributed by atoms with van der Waals surface area (Å²) in [6.07, 6.45) is 5.44. The van der Waals surface area contributed by atoms with Crippen LogP contribution in [-0.2, 0) is 5.41 Å². The van der Waals surface area contributed by atoms with Gasteiger partial charge in [-0.1, -0.05) is 134 Å². The third kappa shape index (κ3) is 4.11. The van der Waals surface area contributed by atoms with Gasteiger partial charge in [-0.25, -0.2) is 0 Å². The van der Waals surface area contributed by atoms with Gasteiger partial charge in [-0.2, -0.15) is 0 Å². The van der Waals surface area contributed by atoms with Crippen LogP contribution in [0.1, 0.15) is 27.8 Å². The van der Waals surface area contributed by atoms with Crippen LogP contribution in [0.15, 0.2) is 171 Å². The maximum atomic E-state index is 8.44. The van der Waals surface area contributed by atoms with Crippen molar-refractivity contribution in [3.63, 3.8) is 0 Å². The second-order valence-electron chi connectivity index (χ2n) is 9.91. The van der Waals surface area contributed by atoms with Gasteiger partial charge in [-0.05, 0) is 63.2 Å². The molecule has 0 saturated heterocycles. The number of fused-ring (bicyclic) bond motifs is 3. The Kier molecular flexibility index (Phi) is 6.59. The van der Waals surface area contributed by atoms with Crippen molar-refractivity contribution in [3.8, 4) is 11.1 Å². The highest BCUT2D eigenvalue weighted by molar-refractivity contribution is 6.06. The molecule has 192 valence electrons. The van der Waals surface area contributed by atoms with Gasteiger partial charge in [0.25, 0.3) is 0 Å². The van der Waals surface area contributed by atoms with E-state index >= 15 is 0 Å². The van der Waals surface area contributed by atoms with Gasteiger partial charge in [0.05, 0.1) is 11.1 Å². The van der Waals surface area contributed by atoms with Crippen LogP contribution in [-0.4, -0.2) is 5.71 Å². The number of anilines is 1. The molecule has 0 spiro atoms. The molecule has 40 heavy (non-hydrogen) atoms. The average Bonchev–Trinajstić information content (AvgIpc) is 3.32. The van der Waals surface area contributed by atoms with Crippen molar-refractivity contribution in [3.05, 3.63) is 198 Å². The lowest BCUT2D eigenvalue weighted by Gasteiger charge is -2.34. The fourth-order valence-corrected chi connectivity index (χ4v) is 5.95. The van der Waals surface area contributed by atoms with Crippen molar-refractivity contribution < 1.29 is 0 Å². The van der Waals surface area contributed by atoms with Crippen LogP contribution in [0.2, 0.25) is 0 Å². The van der Waals surface area contributed by atoms with E-state index in [4.69, 9.17) is 5.41 Å². The summed E-state index contributed by atoms with van der Waals surface area (Å²) in [5.41, 5.74) is 10.0. The molecule has 5 aromatic carbocycles. The average molecular weight is 515 g/mol. The molecular formula is C38H30N2. The summed E-state index contributed by atoms with van der Waals surface area (Å²) in [5, 5.41) is 8.44. The van der Waals surface area contributed by atoms with E-state index in [9.17, 15) is 0 Å². The maximum Gasteiger partial charge on any atom is 0.0713 e. The molecule has 5 aromatic rings. The van der Waals surface area contributed by atoms with Gasteiger partial charge in [0.15, 0.2) is 0 Å². The topological polar surface area (TPSA) is 27.1 Å². The van der Waals surface area contributed by atoms with Gasteiger partial charge in [0, 0.05) is 17.6 Å². The largest absolute Gasteiger partial charge is 0.318 e. The van der Waals surface area contributed by atoms with Gasteiger partial charge in [-0.3, -0.25) is 0 Å². The van der Waals surface area contributed by atoms with Gasteiger partial charge >= 0.3 is 0 Å². The smallest absolute Gasteiger partial charge is 0.0713 e. The van der Waals surface area contributed by atoms with Crippen molar-refractivity contribution in [1.82, 2.24) is 0 Å². The molecule has 0 fully saturated rings. The first-order valence-electron chi connectivity index (χ1n) is 13.4. The molecule has 0 atom stereocenters. The molecule has 0 aromatic heterocycles. The number of rotatable bonds is 8. The minimum Gasteiger partial charge on any atom is -0.318 e. The highest BCUT2D eigenvalue weighted by Crippen LogP contribution is 2.56. The van der Waals surface area contributed by atoms with E-state index in [-0.39, 0.29) is 0 Å². The fourth-order valence-electron chi connectivity index (χ4n) is 5.95. The molecule has 0 unspecified atom stereocenters. The molecular weight excluding hydrogens is 484 g/mol.